The lowest BCUT2D eigenvalue weighted by Gasteiger charge is -2.19. The highest BCUT2D eigenvalue weighted by molar-refractivity contribution is 5.83. The minimum atomic E-state index is 0.601. The van der Waals surface area contributed by atoms with E-state index in [1.165, 1.54) is 53.5 Å². The van der Waals surface area contributed by atoms with Crippen LogP contribution in [0.15, 0.2) is 48.0 Å². The second kappa shape index (κ2) is 7.17. The standard InChI is InChI=1S/C23H28/c1-4-6-10-18-15-20-13-14-21(17(3)5-2)23(22(20)16-18)19-11-8-7-9-12-19/h7-9,11-14,16-17H,4-6,10,15H2,1-3H3. The molecule has 23 heavy (non-hydrogen) atoms. The number of unbranched alkanes of at least 4 members (excludes halogenated alkanes) is 1. The van der Waals surface area contributed by atoms with Crippen LogP contribution >= 0.6 is 0 Å². The summed E-state index contributed by atoms with van der Waals surface area (Å²) >= 11 is 0. The van der Waals surface area contributed by atoms with E-state index in [9.17, 15) is 0 Å². The molecule has 120 valence electrons. The van der Waals surface area contributed by atoms with Gasteiger partial charge in [-0.1, -0.05) is 81.3 Å². The van der Waals surface area contributed by atoms with Gasteiger partial charge < -0.3 is 0 Å². The molecule has 1 aliphatic carbocycles. The van der Waals surface area contributed by atoms with Crippen molar-refractivity contribution in [2.45, 2.75) is 58.8 Å². The van der Waals surface area contributed by atoms with Crippen molar-refractivity contribution in [2.75, 3.05) is 0 Å². The molecule has 0 saturated heterocycles. The summed E-state index contributed by atoms with van der Waals surface area (Å²) in [6.45, 7) is 6.92. The average molecular weight is 304 g/mol. The van der Waals surface area contributed by atoms with E-state index >= 15 is 0 Å². The van der Waals surface area contributed by atoms with Crippen molar-refractivity contribution in [3.05, 3.63) is 64.7 Å². The Morgan fingerprint density at radius 2 is 1.78 bits per heavy atom. The first-order valence-electron chi connectivity index (χ1n) is 9.15. The fourth-order valence-electron chi connectivity index (χ4n) is 3.62. The molecule has 0 heterocycles. The lowest BCUT2D eigenvalue weighted by atomic mass is 9.85. The van der Waals surface area contributed by atoms with E-state index in [4.69, 9.17) is 0 Å². The minimum Gasteiger partial charge on any atom is -0.0654 e. The van der Waals surface area contributed by atoms with Crippen LogP contribution in [-0.2, 0) is 6.42 Å². The maximum atomic E-state index is 2.49. The van der Waals surface area contributed by atoms with Gasteiger partial charge in [0.2, 0.25) is 0 Å². The number of hydrogen-bond donors (Lipinski definition) is 0. The quantitative estimate of drug-likeness (QED) is 0.539. The molecular weight excluding hydrogens is 276 g/mol. The monoisotopic (exact) mass is 304 g/mol. The van der Waals surface area contributed by atoms with Gasteiger partial charge in [-0.25, -0.2) is 0 Å². The molecule has 0 radical (unpaired) electrons. The topological polar surface area (TPSA) is 0 Å². The summed E-state index contributed by atoms with van der Waals surface area (Å²) in [4.78, 5) is 0. The normalized spacial score (nSPS) is 14.5. The molecule has 0 fully saturated rings. The van der Waals surface area contributed by atoms with Gasteiger partial charge in [-0.2, -0.15) is 0 Å². The van der Waals surface area contributed by atoms with Gasteiger partial charge in [-0.15, -0.1) is 0 Å². The molecule has 1 aliphatic rings. The van der Waals surface area contributed by atoms with E-state index in [1.54, 1.807) is 5.57 Å². The van der Waals surface area contributed by atoms with Crippen molar-refractivity contribution in [3.8, 4) is 11.1 Å². The van der Waals surface area contributed by atoms with Crippen LogP contribution in [0.4, 0.5) is 0 Å². The van der Waals surface area contributed by atoms with E-state index in [2.05, 4.69) is 69.3 Å². The summed E-state index contributed by atoms with van der Waals surface area (Å²) < 4.78 is 0. The molecule has 0 nitrogen and oxygen atoms in total. The lowest BCUT2D eigenvalue weighted by molar-refractivity contribution is 0.734. The number of fused-ring (bicyclic) bond motifs is 1. The van der Waals surface area contributed by atoms with Crippen LogP contribution in [0.25, 0.3) is 17.2 Å². The first kappa shape index (κ1) is 16.1. The molecule has 3 rings (SSSR count). The molecule has 0 N–H and O–H groups in total. The Labute approximate surface area is 141 Å². The molecule has 0 heteroatoms. The van der Waals surface area contributed by atoms with Gasteiger partial charge in [0.25, 0.3) is 0 Å². The third-order valence-corrected chi connectivity index (χ3v) is 5.19. The van der Waals surface area contributed by atoms with E-state index in [0.717, 1.165) is 6.42 Å². The van der Waals surface area contributed by atoms with Gasteiger partial charge in [0.05, 0.1) is 0 Å². The molecule has 0 aliphatic heterocycles. The molecule has 0 bridgehead atoms. The molecule has 2 aromatic rings. The molecule has 0 spiro atoms. The zero-order valence-electron chi connectivity index (χ0n) is 14.7. The molecule has 1 unspecified atom stereocenters. The predicted octanol–water partition coefficient (Wildman–Crippen LogP) is 7.00. The highest BCUT2D eigenvalue weighted by atomic mass is 14.2. The van der Waals surface area contributed by atoms with Crippen molar-refractivity contribution in [1.29, 1.82) is 0 Å². The van der Waals surface area contributed by atoms with Gasteiger partial charge in [0.1, 0.15) is 0 Å². The number of hydrogen-bond acceptors (Lipinski definition) is 0. The minimum absolute atomic E-state index is 0.601. The first-order chi connectivity index (χ1) is 11.2. The van der Waals surface area contributed by atoms with Crippen LogP contribution in [0, 0.1) is 0 Å². The Morgan fingerprint density at radius 3 is 2.48 bits per heavy atom. The van der Waals surface area contributed by atoms with Crippen LogP contribution in [0.3, 0.4) is 0 Å². The van der Waals surface area contributed by atoms with Crippen molar-refractivity contribution in [3.63, 3.8) is 0 Å². The van der Waals surface area contributed by atoms with Crippen LogP contribution in [-0.4, -0.2) is 0 Å². The van der Waals surface area contributed by atoms with E-state index in [1.807, 2.05) is 0 Å². The summed E-state index contributed by atoms with van der Waals surface area (Å²) in [6, 6.07) is 15.7. The van der Waals surface area contributed by atoms with Crippen LogP contribution in [0.2, 0.25) is 0 Å². The Balaban J connectivity index is 2.11. The molecule has 0 amide bonds. The van der Waals surface area contributed by atoms with Crippen LogP contribution in [0.5, 0.6) is 0 Å². The van der Waals surface area contributed by atoms with Crippen molar-refractivity contribution >= 4 is 6.08 Å². The highest BCUT2D eigenvalue weighted by Crippen LogP contribution is 2.40. The van der Waals surface area contributed by atoms with Crippen molar-refractivity contribution < 1.29 is 0 Å². The highest BCUT2D eigenvalue weighted by Gasteiger charge is 2.21. The number of benzene rings is 2. The fourth-order valence-corrected chi connectivity index (χ4v) is 3.62. The molecular formula is C23H28. The summed E-state index contributed by atoms with van der Waals surface area (Å²) in [6.07, 6.45) is 8.65. The summed E-state index contributed by atoms with van der Waals surface area (Å²) in [5, 5.41) is 0. The summed E-state index contributed by atoms with van der Waals surface area (Å²) in [5.41, 5.74) is 8.96. The van der Waals surface area contributed by atoms with Gasteiger partial charge in [0.15, 0.2) is 0 Å². The van der Waals surface area contributed by atoms with E-state index in [0.29, 0.717) is 5.92 Å². The van der Waals surface area contributed by atoms with E-state index < -0.39 is 0 Å². The second-order valence-electron chi connectivity index (χ2n) is 6.86. The summed E-state index contributed by atoms with van der Waals surface area (Å²) in [7, 11) is 0. The van der Waals surface area contributed by atoms with Gasteiger partial charge in [-0.3, -0.25) is 0 Å². The molecule has 1 atom stereocenters. The first-order valence-corrected chi connectivity index (χ1v) is 9.15. The Bertz CT molecular complexity index is 691. The molecule has 2 aromatic carbocycles. The largest absolute Gasteiger partial charge is 0.0654 e. The predicted molar refractivity (Wildman–Crippen MR) is 102 cm³/mol. The Kier molecular flexibility index (Phi) is 5.00. The smallest absolute Gasteiger partial charge is 0.00576 e. The average Bonchev–Trinajstić information content (AvgIpc) is 3.02. The second-order valence-corrected chi connectivity index (χ2v) is 6.86. The SMILES string of the molecule is CCCCC1=Cc2c(ccc(C(C)CC)c2-c2ccccc2)C1. The lowest BCUT2D eigenvalue weighted by Crippen LogP contribution is -1.99. The molecule has 0 saturated carbocycles. The third-order valence-electron chi connectivity index (χ3n) is 5.19. The number of allylic oxidation sites excluding steroid dienone is 1. The number of rotatable bonds is 6. The molecule has 0 aromatic heterocycles. The van der Waals surface area contributed by atoms with Gasteiger partial charge >= 0.3 is 0 Å². The van der Waals surface area contributed by atoms with Crippen LogP contribution < -0.4 is 0 Å². The zero-order chi connectivity index (χ0) is 16.2. The van der Waals surface area contributed by atoms with Crippen LogP contribution in [0.1, 0.15) is 69.1 Å². The van der Waals surface area contributed by atoms with Crippen molar-refractivity contribution in [2.24, 2.45) is 0 Å². The maximum Gasteiger partial charge on any atom is -0.00576 e. The maximum absolute atomic E-state index is 2.49. The Hall–Kier alpha value is -1.82. The summed E-state index contributed by atoms with van der Waals surface area (Å²) in [5.74, 6) is 0.601. The van der Waals surface area contributed by atoms with Gasteiger partial charge in [-0.05, 0) is 59.4 Å². The fraction of sp³-hybridized carbons (Fsp3) is 0.391. The third kappa shape index (κ3) is 3.27. The van der Waals surface area contributed by atoms with Crippen molar-refractivity contribution in [1.82, 2.24) is 0 Å². The van der Waals surface area contributed by atoms with Gasteiger partial charge in [0, 0.05) is 0 Å². The Morgan fingerprint density at radius 1 is 1.00 bits per heavy atom. The van der Waals surface area contributed by atoms with E-state index in [-0.39, 0.29) is 0 Å². The zero-order valence-corrected chi connectivity index (χ0v) is 14.7.